The Hall–Kier alpha value is -1.30. The van der Waals surface area contributed by atoms with Crippen molar-refractivity contribution in [3.8, 4) is 0 Å². The molecule has 2 unspecified atom stereocenters. The Kier molecular flexibility index (Phi) is 6.12. The summed E-state index contributed by atoms with van der Waals surface area (Å²) in [5, 5.41) is 10.2. The molecule has 2 atom stereocenters. The lowest BCUT2D eigenvalue weighted by atomic mass is 9.91. The smallest absolute Gasteiger partial charge is 0.410 e. The van der Waals surface area contributed by atoms with Crippen LogP contribution in [-0.4, -0.2) is 58.4 Å². The number of piperidine rings is 2. The second kappa shape index (κ2) is 7.72. The standard InChI is InChI=1S/C18H32N2O4/c1-13-6-5-9-20(16(13)22)15(21)12-14-7-10-19(11-8-14)17(23)24-18(2,3)4/h13-14,16,22H,5-12H2,1-4H3. The van der Waals surface area contributed by atoms with Gasteiger partial charge in [-0.15, -0.1) is 0 Å². The van der Waals surface area contributed by atoms with Crippen molar-refractivity contribution < 1.29 is 19.4 Å². The summed E-state index contributed by atoms with van der Waals surface area (Å²) >= 11 is 0. The first-order chi connectivity index (χ1) is 11.2. The van der Waals surface area contributed by atoms with Gasteiger partial charge in [0.25, 0.3) is 0 Å². The van der Waals surface area contributed by atoms with Crippen LogP contribution < -0.4 is 0 Å². The van der Waals surface area contributed by atoms with Crippen molar-refractivity contribution in [3.05, 3.63) is 0 Å². The van der Waals surface area contributed by atoms with Crippen molar-refractivity contribution >= 4 is 12.0 Å². The number of hydrogen-bond acceptors (Lipinski definition) is 4. The van der Waals surface area contributed by atoms with Gasteiger partial charge in [-0.2, -0.15) is 0 Å². The van der Waals surface area contributed by atoms with Gasteiger partial charge < -0.3 is 19.6 Å². The molecule has 2 saturated heterocycles. The van der Waals surface area contributed by atoms with Crippen molar-refractivity contribution in [2.45, 2.75) is 71.6 Å². The molecule has 2 aliphatic rings. The molecule has 0 radical (unpaired) electrons. The molecule has 6 heteroatoms. The number of hydrogen-bond donors (Lipinski definition) is 1. The van der Waals surface area contributed by atoms with E-state index in [9.17, 15) is 14.7 Å². The summed E-state index contributed by atoms with van der Waals surface area (Å²) in [6, 6.07) is 0. The van der Waals surface area contributed by atoms with Crippen LogP contribution >= 0.6 is 0 Å². The summed E-state index contributed by atoms with van der Waals surface area (Å²) in [4.78, 5) is 27.9. The van der Waals surface area contributed by atoms with E-state index in [2.05, 4.69) is 0 Å². The average molecular weight is 340 g/mol. The summed E-state index contributed by atoms with van der Waals surface area (Å²) in [5.74, 6) is 0.474. The number of ether oxygens (including phenoxy) is 1. The van der Waals surface area contributed by atoms with Crippen molar-refractivity contribution in [1.29, 1.82) is 0 Å². The van der Waals surface area contributed by atoms with Crippen LogP contribution in [-0.2, 0) is 9.53 Å². The van der Waals surface area contributed by atoms with Gasteiger partial charge in [0, 0.05) is 32.0 Å². The molecular weight excluding hydrogens is 308 g/mol. The molecule has 2 aliphatic heterocycles. The fraction of sp³-hybridized carbons (Fsp3) is 0.889. The first kappa shape index (κ1) is 19.0. The van der Waals surface area contributed by atoms with E-state index in [1.54, 1.807) is 9.80 Å². The van der Waals surface area contributed by atoms with Crippen molar-refractivity contribution in [1.82, 2.24) is 9.80 Å². The summed E-state index contributed by atoms with van der Waals surface area (Å²) in [7, 11) is 0. The number of carbonyl (C=O) groups is 2. The maximum Gasteiger partial charge on any atom is 0.410 e. The minimum Gasteiger partial charge on any atom is -0.444 e. The molecule has 138 valence electrons. The zero-order valence-corrected chi connectivity index (χ0v) is 15.5. The maximum atomic E-state index is 12.5. The van der Waals surface area contributed by atoms with E-state index in [1.165, 1.54) is 0 Å². The SMILES string of the molecule is CC1CCCN(C(=O)CC2CCN(C(=O)OC(C)(C)C)CC2)C1O. The topological polar surface area (TPSA) is 70.1 Å². The number of aliphatic hydroxyl groups excluding tert-OH is 1. The molecule has 0 aliphatic carbocycles. The van der Waals surface area contributed by atoms with Crippen LogP contribution in [0.3, 0.4) is 0 Å². The van der Waals surface area contributed by atoms with Crippen molar-refractivity contribution in [2.75, 3.05) is 19.6 Å². The zero-order valence-electron chi connectivity index (χ0n) is 15.5. The van der Waals surface area contributed by atoms with E-state index in [-0.39, 0.29) is 23.8 Å². The van der Waals surface area contributed by atoms with Gasteiger partial charge in [0.2, 0.25) is 5.91 Å². The lowest BCUT2D eigenvalue weighted by molar-refractivity contribution is -0.150. The minimum absolute atomic E-state index is 0.0461. The number of amides is 2. The predicted octanol–water partition coefficient (Wildman–Crippen LogP) is 2.60. The van der Waals surface area contributed by atoms with Gasteiger partial charge in [-0.1, -0.05) is 6.92 Å². The largest absolute Gasteiger partial charge is 0.444 e. The highest BCUT2D eigenvalue weighted by Crippen LogP contribution is 2.26. The summed E-state index contributed by atoms with van der Waals surface area (Å²) in [6.07, 6.45) is 3.10. The van der Waals surface area contributed by atoms with Crippen LogP contribution in [0.4, 0.5) is 4.79 Å². The van der Waals surface area contributed by atoms with Gasteiger partial charge in [0.05, 0.1) is 0 Å². The highest BCUT2D eigenvalue weighted by molar-refractivity contribution is 5.77. The number of aliphatic hydroxyl groups is 1. The zero-order chi connectivity index (χ0) is 17.9. The molecule has 0 aromatic rings. The van der Waals surface area contributed by atoms with Gasteiger partial charge in [0.1, 0.15) is 11.8 Å². The first-order valence-corrected chi connectivity index (χ1v) is 9.13. The molecule has 0 spiro atoms. The third-order valence-corrected chi connectivity index (χ3v) is 4.94. The molecule has 1 N–H and O–H groups in total. The van der Waals surface area contributed by atoms with Gasteiger partial charge in [-0.05, 0) is 52.4 Å². The lowest BCUT2D eigenvalue weighted by Gasteiger charge is -2.38. The number of likely N-dealkylation sites (tertiary alicyclic amines) is 2. The second-order valence-electron chi connectivity index (χ2n) is 8.24. The molecule has 0 aromatic carbocycles. The summed E-state index contributed by atoms with van der Waals surface area (Å²) < 4.78 is 5.39. The van der Waals surface area contributed by atoms with Crippen molar-refractivity contribution in [2.24, 2.45) is 11.8 Å². The molecule has 0 saturated carbocycles. The van der Waals surface area contributed by atoms with E-state index < -0.39 is 11.8 Å². The molecule has 0 bridgehead atoms. The van der Waals surface area contributed by atoms with Crippen molar-refractivity contribution in [3.63, 3.8) is 0 Å². The Morgan fingerprint density at radius 1 is 1.12 bits per heavy atom. The predicted molar refractivity (Wildman–Crippen MR) is 91.3 cm³/mol. The number of carbonyl (C=O) groups excluding carboxylic acids is 2. The Morgan fingerprint density at radius 2 is 1.75 bits per heavy atom. The molecule has 0 aromatic heterocycles. The molecule has 2 amide bonds. The van der Waals surface area contributed by atoms with Crippen LogP contribution in [0.2, 0.25) is 0 Å². The Morgan fingerprint density at radius 3 is 2.33 bits per heavy atom. The number of nitrogens with zero attached hydrogens (tertiary/aromatic N) is 2. The van der Waals surface area contributed by atoms with Gasteiger partial charge in [-0.25, -0.2) is 4.79 Å². The van der Waals surface area contributed by atoms with Gasteiger partial charge >= 0.3 is 6.09 Å². The van der Waals surface area contributed by atoms with Gasteiger partial charge in [-0.3, -0.25) is 4.79 Å². The minimum atomic E-state index is -0.645. The van der Waals surface area contributed by atoms with Crippen LogP contribution in [0.1, 0.15) is 59.8 Å². The summed E-state index contributed by atoms with van der Waals surface area (Å²) in [5.41, 5.74) is -0.481. The Bertz CT molecular complexity index is 452. The summed E-state index contributed by atoms with van der Waals surface area (Å²) in [6.45, 7) is 9.49. The fourth-order valence-electron chi connectivity index (χ4n) is 3.45. The van der Waals surface area contributed by atoms with E-state index in [0.717, 1.165) is 25.7 Å². The third kappa shape index (κ3) is 5.10. The van der Waals surface area contributed by atoms with E-state index in [1.807, 2.05) is 27.7 Å². The Labute approximate surface area is 145 Å². The van der Waals surface area contributed by atoms with Crippen LogP contribution in [0.5, 0.6) is 0 Å². The monoisotopic (exact) mass is 340 g/mol. The molecule has 2 heterocycles. The molecule has 2 rings (SSSR count). The average Bonchev–Trinajstić information content (AvgIpc) is 2.49. The van der Waals surface area contributed by atoms with Gasteiger partial charge in [0.15, 0.2) is 0 Å². The molecule has 24 heavy (non-hydrogen) atoms. The normalized spacial score (nSPS) is 26.4. The highest BCUT2D eigenvalue weighted by Gasteiger charge is 2.33. The quantitative estimate of drug-likeness (QED) is 0.839. The van der Waals surface area contributed by atoms with Crippen LogP contribution in [0.15, 0.2) is 0 Å². The maximum absolute atomic E-state index is 12.5. The fourth-order valence-corrected chi connectivity index (χ4v) is 3.45. The van der Waals surface area contributed by atoms with E-state index in [0.29, 0.717) is 26.1 Å². The van der Waals surface area contributed by atoms with E-state index in [4.69, 9.17) is 4.74 Å². The second-order valence-corrected chi connectivity index (χ2v) is 8.24. The molecular formula is C18H32N2O4. The Balaban J connectivity index is 1.78. The highest BCUT2D eigenvalue weighted by atomic mass is 16.6. The van der Waals surface area contributed by atoms with Crippen LogP contribution in [0.25, 0.3) is 0 Å². The number of rotatable bonds is 2. The molecule has 6 nitrogen and oxygen atoms in total. The lowest BCUT2D eigenvalue weighted by Crippen LogP contribution is -2.48. The van der Waals surface area contributed by atoms with Crippen LogP contribution in [0, 0.1) is 11.8 Å². The third-order valence-electron chi connectivity index (χ3n) is 4.94. The van der Waals surface area contributed by atoms with E-state index >= 15 is 0 Å². The molecule has 2 fully saturated rings. The first-order valence-electron chi connectivity index (χ1n) is 9.13.